The van der Waals surface area contributed by atoms with Gasteiger partial charge >= 0.3 is 0 Å². The number of hydrogen-bond donors (Lipinski definition) is 2. The molecular weight excluding hydrogens is 216 g/mol. The van der Waals surface area contributed by atoms with E-state index in [9.17, 15) is 8.42 Å². The third-order valence-corrected chi connectivity index (χ3v) is 3.32. The van der Waals surface area contributed by atoms with E-state index in [4.69, 9.17) is 10.2 Å². The van der Waals surface area contributed by atoms with Crippen LogP contribution < -0.4 is 10.5 Å². The number of hydrogen-bond acceptors (Lipinski definition) is 4. The number of nitrogens with one attached hydrogen (secondary N) is 1. The largest absolute Gasteiger partial charge is 0.468 e. The Bertz CT molecular complexity index is 359. The van der Waals surface area contributed by atoms with Crippen LogP contribution in [0.4, 0.5) is 0 Å². The van der Waals surface area contributed by atoms with E-state index in [2.05, 4.69) is 4.72 Å². The molecule has 0 unspecified atom stereocenters. The minimum Gasteiger partial charge on any atom is -0.468 e. The summed E-state index contributed by atoms with van der Waals surface area (Å²) in [6, 6.07) is 3.44. The van der Waals surface area contributed by atoms with Gasteiger partial charge in [-0.05, 0) is 31.5 Å². The van der Waals surface area contributed by atoms with Gasteiger partial charge in [-0.1, -0.05) is 0 Å². The molecule has 1 aromatic rings. The van der Waals surface area contributed by atoms with Crippen LogP contribution in [0, 0.1) is 0 Å². The molecule has 86 valence electrons. The molecule has 3 N–H and O–H groups in total. The lowest BCUT2D eigenvalue weighted by Crippen LogP contribution is -2.26. The van der Waals surface area contributed by atoms with E-state index in [1.807, 2.05) is 0 Å². The molecule has 0 radical (unpaired) electrons. The van der Waals surface area contributed by atoms with Gasteiger partial charge in [0.2, 0.25) is 10.0 Å². The van der Waals surface area contributed by atoms with Crippen molar-refractivity contribution in [2.45, 2.75) is 19.4 Å². The highest BCUT2D eigenvalue weighted by molar-refractivity contribution is 7.89. The highest BCUT2D eigenvalue weighted by Gasteiger charge is 2.09. The Morgan fingerprint density at radius 1 is 1.40 bits per heavy atom. The molecule has 0 saturated heterocycles. The van der Waals surface area contributed by atoms with Crippen molar-refractivity contribution in [3.8, 4) is 0 Å². The van der Waals surface area contributed by atoms with Crippen LogP contribution in [-0.2, 0) is 16.6 Å². The zero-order valence-corrected chi connectivity index (χ0v) is 9.29. The van der Waals surface area contributed by atoms with Crippen molar-refractivity contribution < 1.29 is 12.8 Å². The molecule has 0 saturated carbocycles. The van der Waals surface area contributed by atoms with Gasteiger partial charge in [0.1, 0.15) is 5.76 Å². The van der Waals surface area contributed by atoms with E-state index in [-0.39, 0.29) is 12.3 Å². The van der Waals surface area contributed by atoms with Gasteiger partial charge in [-0.25, -0.2) is 13.1 Å². The molecular formula is C9H16N2O3S. The van der Waals surface area contributed by atoms with E-state index in [0.717, 1.165) is 6.42 Å². The molecule has 0 aliphatic rings. The first-order valence-corrected chi connectivity index (χ1v) is 6.49. The molecule has 0 amide bonds. The third kappa shape index (κ3) is 4.96. The Hall–Kier alpha value is -0.850. The van der Waals surface area contributed by atoms with E-state index in [1.165, 1.54) is 6.26 Å². The number of rotatable bonds is 7. The number of nitrogens with two attached hydrogens (primary N) is 1. The van der Waals surface area contributed by atoms with Crippen LogP contribution >= 0.6 is 0 Å². The summed E-state index contributed by atoms with van der Waals surface area (Å²) in [6.45, 7) is 0.728. The Morgan fingerprint density at radius 2 is 2.20 bits per heavy atom. The SMILES string of the molecule is NCCCCS(=O)(=O)NCc1ccco1. The molecule has 6 heteroatoms. The second kappa shape index (κ2) is 5.89. The van der Waals surface area contributed by atoms with Crippen LogP contribution in [0.1, 0.15) is 18.6 Å². The Labute approximate surface area is 89.7 Å². The summed E-state index contributed by atoms with van der Waals surface area (Å²) < 4.78 is 30.3. The van der Waals surface area contributed by atoms with Gasteiger partial charge in [0.05, 0.1) is 18.6 Å². The van der Waals surface area contributed by atoms with Gasteiger partial charge in [-0.3, -0.25) is 0 Å². The average molecular weight is 232 g/mol. The van der Waals surface area contributed by atoms with Crippen molar-refractivity contribution in [2.24, 2.45) is 5.73 Å². The summed E-state index contributed by atoms with van der Waals surface area (Å²) in [7, 11) is -3.20. The van der Waals surface area contributed by atoms with Gasteiger partial charge < -0.3 is 10.2 Å². The molecule has 1 heterocycles. The fraction of sp³-hybridized carbons (Fsp3) is 0.556. The fourth-order valence-corrected chi connectivity index (χ4v) is 2.19. The Morgan fingerprint density at radius 3 is 2.80 bits per heavy atom. The minimum atomic E-state index is -3.20. The first-order valence-electron chi connectivity index (χ1n) is 4.84. The van der Waals surface area contributed by atoms with Crippen LogP contribution in [0.25, 0.3) is 0 Å². The first kappa shape index (κ1) is 12.2. The molecule has 0 aromatic carbocycles. The van der Waals surface area contributed by atoms with Crippen LogP contribution in [0.5, 0.6) is 0 Å². The van der Waals surface area contributed by atoms with Crippen molar-refractivity contribution in [3.05, 3.63) is 24.2 Å². The third-order valence-electron chi connectivity index (χ3n) is 1.91. The van der Waals surface area contributed by atoms with Crippen molar-refractivity contribution in [1.82, 2.24) is 4.72 Å². The van der Waals surface area contributed by atoms with E-state index < -0.39 is 10.0 Å². The van der Waals surface area contributed by atoms with Crippen molar-refractivity contribution in [3.63, 3.8) is 0 Å². The lowest BCUT2D eigenvalue weighted by molar-refractivity contribution is 0.498. The maximum absolute atomic E-state index is 11.4. The molecule has 0 fully saturated rings. The summed E-state index contributed by atoms with van der Waals surface area (Å²) in [5.74, 6) is 0.725. The lowest BCUT2D eigenvalue weighted by atomic mass is 10.3. The number of sulfonamides is 1. The van der Waals surface area contributed by atoms with E-state index in [1.54, 1.807) is 12.1 Å². The summed E-state index contributed by atoms with van der Waals surface area (Å²) in [4.78, 5) is 0. The summed E-state index contributed by atoms with van der Waals surface area (Å²) in [6.07, 6.45) is 2.82. The Kier molecular flexibility index (Phi) is 4.80. The van der Waals surface area contributed by atoms with Crippen LogP contribution in [0.2, 0.25) is 0 Å². The zero-order chi connectivity index (χ0) is 11.1. The number of furan rings is 1. The molecule has 15 heavy (non-hydrogen) atoms. The van der Waals surface area contributed by atoms with Crippen molar-refractivity contribution >= 4 is 10.0 Å². The molecule has 5 nitrogen and oxygen atoms in total. The molecule has 0 atom stereocenters. The minimum absolute atomic E-state index is 0.116. The fourth-order valence-electron chi connectivity index (χ4n) is 1.10. The predicted molar refractivity (Wildman–Crippen MR) is 57.6 cm³/mol. The maximum Gasteiger partial charge on any atom is 0.212 e. The summed E-state index contributed by atoms with van der Waals surface area (Å²) >= 11 is 0. The second-order valence-electron chi connectivity index (χ2n) is 3.22. The average Bonchev–Trinajstić information content (AvgIpc) is 2.68. The Balaban J connectivity index is 2.30. The first-order chi connectivity index (χ1) is 7.14. The maximum atomic E-state index is 11.4. The van der Waals surface area contributed by atoms with Gasteiger partial charge in [-0.2, -0.15) is 0 Å². The molecule has 0 aliphatic carbocycles. The lowest BCUT2D eigenvalue weighted by Gasteiger charge is -2.04. The normalized spacial score (nSPS) is 11.8. The van der Waals surface area contributed by atoms with Crippen LogP contribution in [0.15, 0.2) is 22.8 Å². The van der Waals surface area contributed by atoms with Gasteiger partial charge in [0.25, 0.3) is 0 Å². The van der Waals surface area contributed by atoms with E-state index >= 15 is 0 Å². The highest BCUT2D eigenvalue weighted by Crippen LogP contribution is 2.01. The van der Waals surface area contributed by atoms with Crippen LogP contribution in [0.3, 0.4) is 0 Å². The molecule has 0 aliphatic heterocycles. The van der Waals surface area contributed by atoms with Crippen molar-refractivity contribution in [1.29, 1.82) is 0 Å². The standard InChI is InChI=1S/C9H16N2O3S/c10-5-1-2-7-15(12,13)11-8-9-4-3-6-14-9/h3-4,6,11H,1-2,5,7-8,10H2. The summed E-state index contributed by atoms with van der Waals surface area (Å²) in [5, 5.41) is 0. The van der Waals surface area contributed by atoms with E-state index in [0.29, 0.717) is 18.7 Å². The smallest absolute Gasteiger partial charge is 0.212 e. The van der Waals surface area contributed by atoms with Crippen molar-refractivity contribution in [2.75, 3.05) is 12.3 Å². The van der Waals surface area contributed by atoms with Gasteiger partial charge in [0, 0.05) is 0 Å². The quantitative estimate of drug-likeness (QED) is 0.668. The summed E-state index contributed by atoms with van der Waals surface area (Å²) in [5.41, 5.74) is 5.28. The molecule has 1 rings (SSSR count). The topological polar surface area (TPSA) is 85.3 Å². The second-order valence-corrected chi connectivity index (χ2v) is 5.14. The molecule has 0 bridgehead atoms. The predicted octanol–water partition coefficient (Wildman–Crippen LogP) is 0.438. The van der Waals surface area contributed by atoms with Gasteiger partial charge in [-0.15, -0.1) is 0 Å². The molecule has 0 spiro atoms. The van der Waals surface area contributed by atoms with Crippen LogP contribution in [-0.4, -0.2) is 20.7 Å². The van der Waals surface area contributed by atoms with Gasteiger partial charge in [0.15, 0.2) is 0 Å². The molecule has 1 aromatic heterocycles. The monoisotopic (exact) mass is 232 g/mol. The number of unbranched alkanes of at least 4 members (excludes halogenated alkanes) is 1. The highest BCUT2D eigenvalue weighted by atomic mass is 32.2. The zero-order valence-electron chi connectivity index (χ0n) is 8.48.